The van der Waals surface area contributed by atoms with Crippen molar-refractivity contribution in [3.63, 3.8) is 0 Å². The van der Waals surface area contributed by atoms with Crippen molar-refractivity contribution in [1.29, 1.82) is 0 Å². The first-order chi connectivity index (χ1) is 9.88. The van der Waals surface area contributed by atoms with E-state index in [9.17, 15) is 5.11 Å². The molecule has 0 amide bonds. The minimum absolute atomic E-state index is 0.200. The van der Waals surface area contributed by atoms with Crippen molar-refractivity contribution < 1.29 is 5.11 Å². The predicted molar refractivity (Wildman–Crippen MR) is 87.0 cm³/mol. The van der Waals surface area contributed by atoms with Gasteiger partial charge in [-0.2, -0.15) is 0 Å². The molecule has 0 saturated heterocycles. The molecule has 0 heterocycles. The summed E-state index contributed by atoms with van der Waals surface area (Å²) in [4.78, 5) is 0. The van der Waals surface area contributed by atoms with Gasteiger partial charge in [0.05, 0.1) is 5.60 Å². The standard InChI is InChI=1S/C20H34O/c1-18-11-5-4-6-14(18)7-8-15-16(18)9-12-19(2)17(15)10-13-20(19,3)21/h14-17,21H,4-13H2,1-3H3/t14-,15+,16-,17+,18+,19+,20+/m0/s1. The maximum absolute atomic E-state index is 10.9. The normalized spacial score (nSPS) is 60.0. The first kappa shape index (κ1) is 14.5. The highest BCUT2D eigenvalue weighted by Crippen LogP contribution is 2.68. The molecule has 21 heavy (non-hydrogen) atoms. The highest BCUT2D eigenvalue weighted by molar-refractivity contribution is 5.12. The highest BCUT2D eigenvalue weighted by Gasteiger charge is 2.62. The van der Waals surface area contributed by atoms with E-state index >= 15 is 0 Å². The van der Waals surface area contributed by atoms with E-state index in [0.29, 0.717) is 5.41 Å². The van der Waals surface area contributed by atoms with Crippen LogP contribution in [0, 0.1) is 34.5 Å². The van der Waals surface area contributed by atoms with Crippen LogP contribution >= 0.6 is 0 Å². The van der Waals surface area contributed by atoms with Crippen LogP contribution in [-0.4, -0.2) is 10.7 Å². The molecule has 1 N–H and O–H groups in total. The van der Waals surface area contributed by atoms with Crippen LogP contribution in [0.4, 0.5) is 0 Å². The summed E-state index contributed by atoms with van der Waals surface area (Å²) < 4.78 is 0. The number of hydrogen-bond donors (Lipinski definition) is 1. The fourth-order valence-electron chi connectivity index (χ4n) is 7.54. The zero-order valence-electron chi connectivity index (χ0n) is 14.3. The maximum atomic E-state index is 10.9. The Kier molecular flexibility index (Phi) is 3.11. The van der Waals surface area contributed by atoms with E-state index in [0.717, 1.165) is 30.1 Å². The summed E-state index contributed by atoms with van der Waals surface area (Å²) in [5.41, 5.74) is 0.427. The summed E-state index contributed by atoms with van der Waals surface area (Å²) in [6.45, 7) is 7.18. The van der Waals surface area contributed by atoms with Crippen molar-refractivity contribution in [2.45, 2.75) is 90.6 Å². The molecule has 4 saturated carbocycles. The number of rotatable bonds is 0. The van der Waals surface area contributed by atoms with Crippen molar-refractivity contribution in [1.82, 2.24) is 0 Å². The molecule has 0 radical (unpaired) electrons. The minimum atomic E-state index is -0.410. The zero-order chi connectivity index (χ0) is 14.9. The summed E-state index contributed by atoms with van der Waals surface area (Å²) in [6, 6.07) is 0. The fourth-order valence-corrected chi connectivity index (χ4v) is 7.54. The van der Waals surface area contributed by atoms with Crippen molar-refractivity contribution in [3.05, 3.63) is 0 Å². The molecule has 0 spiro atoms. The third kappa shape index (κ3) is 1.79. The summed E-state index contributed by atoms with van der Waals surface area (Å²) in [5.74, 6) is 3.69. The van der Waals surface area contributed by atoms with Crippen molar-refractivity contribution in [3.8, 4) is 0 Å². The topological polar surface area (TPSA) is 20.2 Å². The Balaban J connectivity index is 1.66. The van der Waals surface area contributed by atoms with Crippen molar-refractivity contribution >= 4 is 0 Å². The Morgan fingerprint density at radius 3 is 2.33 bits per heavy atom. The molecule has 1 nitrogen and oxygen atoms in total. The van der Waals surface area contributed by atoms with Gasteiger partial charge in [0.1, 0.15) is 0 Å². The molecule has 4 fully saturated rings. The molecule has 4 aliphatic carbocycles. The second-order valence-electron chi connectivity index (χ2n) is 9.67. The lowest BCUT2D eigenvalue weighted by atomic mass is 9.44. The molecule has 4 aliphatic rings. The van der Waals surface area contributed by atoms with E-state index in [4.69, 9.17) is 0 Å². The molecule has 120 valence electrons. The Morgan fingerprint density at radius 2 is 1.52 bits per heavy atom. The SMILES string of the molecule is C[C@@]12CCCC[C@H]1CC[C@H]1[C@H]3CC[C@@](C)(O)[C@]3(C)CC[C@@H]12. The van der Waals surface area contributed by atoms with Gasteiger partial charge in [-0.3, -0.25) is 0 Å². The summed E-state index contributed by atoms with van der Waals surface area (Å²) in [6.07, 6.45) is 13.9. The van der Waals surface area contributed by atoms with Gasteiger partial charge in [-0.05, 0) is 92.8 Å². The predicted octanol–water partition coefficient (Wildman–Crippen LogP) is 5.17. The van der Waals surface area contributed by atoms with E-state index in [2.05, 4.69) is 20.8 Å². The Morgan fingerprint density at radius 1 is 0.762 bits per heavy atom. The minimum Gasteiger partial charge on any atom is -0.390 e. The molecule has 0 aromatic heterocycles. The van der Waals surface area contributed by atoms with Crippen LogP contribution in [0.1, 0.15) is 85.0 Å². The molecule has 1 heteroatoms. The first-order valence-electron chi connectivity index (χ1n) is 9.61. The second-order valence-corrected chi connectivity index (χ2v) is 9.67. The molecule has 0 aliphatic heterocycles. The number of aliphatic hydroxyl groups is 1. The van der Waals surface area contributed by atoms with Gasteiger partial charge in [0.2, 0.25) is 0 Å². The molecule has 0 aromatic rings. The monoisotopic (exact) mass is 290 g/mol. The van der Waals surface area contributed by atoms with Gasteiger partial charge < -0.3 is 5.11 Å². The lowest BCUT2D eigenvalue weighted by Crippen LogP contribution is -2.55. The summed E-state index contributed by atoms with van der Waals surface area (Å²) >= 11 is 0. The average molecular weight is 290 g/mol. The largest absolute Gasteiger partial charge is 0.390 e. The van der Waals surface area contributed by atoms with E-state index in [1.807, 2.05) is 0 Å². The van der Waals surface area contributed by atoms with E-state index < -0.39 is 5.60 Å². The fraction of sp³-hybridized carbons (Fsp3) is 1.00. The first-order valence-corrected chi connectivity index (χ1v) is 9.61. The molecular weight excluding hydrogens is 256 g/mol. The van der Waals surface area contributed by atoms with Gasteiger partial charge in [0, 0.05) is 0 Å². The van der Waals surface area contributed by atoms with Crippen LogP contribution in [0.2, 0.25) is 0 Å². The van der Waals surface area contributed by atoms with Gasteiger partial charge in [-0.25, -0.2) is 0 Å². The van der Waals surface area contributed by atoms with Gasteiger partial charge >= 0.3 is 0 Å². The highest BCUT2D eigenvalue weighted by atomic mass is 16.3. The van der Waals surface area contributed by atoms with Gasteiger partial charge in [0.25, 0.3) is 0 Å². The van der Waals surface area contributed by atoms with Crippen LogP contribution in [0.3, 0.4) is 0 Å². The molecule has 0 aromatic carbocycles. The van der Waals surface area contributed by atoms with E-state index in [-0.39, 0.29) is 5.41 Å². The molecule has 0 unspecified atom stereocenters. The maximum Gasteiger partial charge on any atom is 0.0675 e. The van der Waals surface area contributed by atoms with E-state index in [1.165, 1.54) is 57.8 Å². The third-order valence-electron chi connectivity index (χ3n) is 9.15. The molecule has 7 atom stereocenters. The average Bonchev–Trinajstić information content (AvgIpc) is 2.69. The van der Waals surface area contributed by atoms with Gasteiger partial charge in [-0.15, -0.1) is 0 Å². The van der Waals surface area contributed by atoms with Crippen LogP contribution < -0.4 is 0 Å². The number of hydrogen-bond acceptors (Lipinski definition) is 1. The number of fused-ring (bicyclic) bond motifs is 5. The second kappa shape index (κ2) is 4.49. The van der Waals surface area contributed by atoms with Crippen LogP contribution in [-0.2, 0) is 0 Å². The van der Waals surface area contributed by atoms with Crippen LogP contribution in [0.15, 0.2) is 0 Å². The van der Waals surface area contributed by atoms with Crippen LogP contribution in [0.25, 0.3) is 0 Å². The third-order valence-corrected chi connectivity index (χ3v) is 9.15. The lowest BCUT2D eigenvalue weighted by Gasteiger charge is -2.61. The van der Waals surface area contributed by atoms with Crippen molar-refractivity contribution in [2.75, 3.05) is 0 Å². The Hall–Kier alpha value is -0.0400. The smallest absolute Gasteiger partial charge is 0.0675 e. The van der Waals surface area contributed by atoms with Gasteiger partial charge in [-0.1, -0.05) is 26.7 Å². The lowest BCUT2D eigenvalue weighted by molar-refractivity contribution is -0.145. The van der Waals surface area contributed by atoms with Crippen LogP contribution in [0.5, 0.6) is 0 Å². The van der Waals surface area contributed by atoms with Gasteiger partial charge in [0.15, 0.2) is 0 Å². The molecule has 4 rings (SSSR count). The Bertz CT molecular complexity index is 428. The summed E-state index contributed by atoms with van der Waals surface area (Å²) in [5, 5.41) is 10.9. The van der Waals surface area contributed by atoms with Crippen molar-refractivity contribution in [2.24, 2.45) is 34.5 Å². The molecule has 0 bridgehead atoms. The quantitative estimate of drug-likeness (QED) is 0.652. The zero-order valence-corrected chi connectivity index (χ0v) is 14.3. The summed E-state index contributed by atoms with van der Waals surface area (Å²) in [7, 11) is 0. The molecular formula is C20H34O. The van der Waals surface area contributed by atoms with E-state index in [1.54, 1.807) is 0 Å². The Labute approximate surface area is 130 Å².